The third-order valence-corrected chi connectivity index (χ3v) is 8.55. The van der Waals surface area contributed by atoms with Crippen molar-refractivity contribution in [2.75, 3.05) is 25.1 Å². The largest absolute Gasteiger partial charge is 0.352 e. The van der Waals surface area contributed by atoms with Crippen molar-refractivity contribution >= 4 is 31.4 Å². The molecule has 3 aromatic rings. The smallest absolute Gasteiger partial charge is 0.259 e. The maximum atomic E-state index is 12.7. The lowest BCUT2D eigenvalue weighted by molar-refractivity contribution is -0.0254. The molecule has 4 atom stereocenters. The number of amides is 1. The van der Waals surface area contributed by atoms with Crippen LogP contribution in [0, 0.1) is 12.5 Å². The molecule has 1 unspecified atom stereocenters. The van der Waals surface area contributed by atoms with E-state index in [2.05, 4.69) is 64.4 Å². The van der Waals surface area contributed by atoms with Gasteiger partial charge in [-0.15, -0.1) is 0 Å². The lowest BCUT2D eigenvalue weighted by Crippen LogP contribution is -2.34. The zero-order valence-electron chi connectivity index (χ0n) is 23.0. The van der Waals surface area contributed by atoms with Crippen LogP contribution in [0.3, 0.4) is 0 Å². The van der Waals surface area contributed by atoms with Crippen LogP contribution in [0.4, 0.5) is 5.82 Å². The first-order chi connectivity index (χ1) is 18.8. The summed E-state index contributed by atoms with van der Waals surface area (Å²) in [5.74, 6) is 0.307. The Hall–Kier alpha value is -3.00. The molecule has 1 amide bonds. The summed E-state index contributed by atoms with van der Waals surface area (Å²) in [4.78, 5) is 29.3. The van der Waals surface area contributed by atoms with Crippen molar-refractivity contribution in [3.05, 3.63) is 60.0 Å². The Morgan fingerprint density at radius 1 is 1.21 bits per heavy atom. The van der Waals surface area contributed by atoms with Crippen molar-refractivity contribution < 1.29 is 18.6 Å². The van der Waals surface area contributed by atoms with E-state index in [1.165, 1.54) is 6.33 Å². The van der Waals surface area contributed by atoms with Gasteiger partial charge in [-0.1, -0.05) is 25.1 Å². The predicted molar refractivity (Wildman–Crippen MR) is 150 cm³/mol. The third kappa shape index (κ3) is 6.96. The van der Waals surface area contributed by atoms with E-state index in [1.807, 2.05) is 22.8 Å². The number of anilines is 1. The van der Waals surface area contributed by atoms with Crippen molar-refractivity contribution in [2.45, 2.75) is 65.5 Å². The number of fused-ring (bicyclic) bond motifs is 1. The summed E-state index contributed by atoms with van der Waals surface area (Å²) < 4.78 is 22.9. The monoisotopic (exact) mass is 553 g/mol. The normalized spacial score (nSPS) is 20.1. The van der Waals surface area contributed by atoms with Crippen molar-refractivity contribution in [3.63, 3.8) is 0 Å². The number of carbonyl (C=O) groups is 1. The fraction of sp³-hybridized carbons (Fsp3) is 0.519. The van der Waals surface area contributed by atoms with Crippen LogP contribution in [-0.4, -0.2) is 68.0 Å². The highest BCUT2D eigenvalue weighted by molar-refractivity contribution is 7.44. The van der Waals surface area contributed by atoms with Gasteiger partial charge in [0.05, 0.1) is 19.0 Å². The van der Waals surface area contributed by atoms with Crippen LogP contribution < -0.4 is 5.32 Å². The molecule has 1 saturated heterocycles. The topological polar surface area (TPSA) is 108 Å². The first-order valence-corrected chi connectivity index (χ1v) is 14.3. The van der Waals surface area contributed by atoms with E-state index < -0.39 is 8.53 Å². The van der Waals surface area contributed by atoms with Gasteiger partial charge in [0.1, 0.15) is 19.2 Å². The van der Waals surface area contributed by atoms with Crippen LogP contribution in [-0.2, 0) is 13.8 Å². The maximum Gasteiger partial charge on any atom is 0.259 e. The number of hydrogen-bond acceptors (Lipinski definition) is 8. The van der Waals surface area contributed by atoms with E-state index in [0.717, 1.165) is 6.42 Å². The number of nitrogens with one attached hydrogen (secondary N) is 1. The molecule has 208 valence electrons. The Balaban J connectivity index is 1.45. The number of carbonyl (C=O) groups excluding carboxylic acids is 1. The average molecular weight is 554 g/mol. The zero-order chi connectivity index (χ0) is 27.9. The summed E-state index contributed by atoms with van der Waals surface area (Å²) in [6.07, 6.45) is 3.41. The minimum atomic E-state index is -1.34. The molecule has 3 heterocycles. The van der Waals surface area contributed by atoms with Crippen LogP contribution in [0.5, 0.6) is 0 Å². The van der Waals surface area contributed by atoms with Gasteiger partial charge in [-0.25, -0.2) is 26.2 Å². The van der Waals surface area contributed by atoms with Gasteiger partial charge in [-0.3, -0.25) is 9.36 Å². The summed E-state index contributed by atoms with van der Waals surface area (Å²) in [5.41, 5.74) is 1.62. The van der Waals surface area contributed by atoms with E-state index in [0.29, 0.717) is 42.3 Å². The van der Waals surface area contributed by atoms with E-state index in [1.54, 1.807) is 18.5 Å². The number of nitrogens with zero attached hydrogens (tertiary/aromatic N) is 6. The van der Waals surface area contributed by atoms with Gasteiger partial charge in [-0.2, -0.15) is 0 Å². The number of benzene rings is 1. The average Bonchev–Trinajstić information content (AvgIpc) is 3.51. The second-order valence-corrected chi connectivity index (χ2v) is 11.5. The highest BCUT2D eigenvalue weighted by Gasteiger charge is 2.36. The van der Waals surface area contributed by atoms with E-state index in [-0.39, 0.29) is 36.2 Å². The fourth-order valence-corrected chi connectivity index (χ4v) is 6.22. The number of aromatic nitrogens is 4. The summed E-state index contributed by atoms with van der Waals surface area (Å²) in [7, 11) is -1.34. The van der Waals surface area contributed by atoms with Crippen molar-refractivity contribution in [2.24, 2.45) is 5.92 Å². The number of ether oxygens (including phenoxy) is 1. The molecule has 1 aliphatic rings. The molecule has 2 aromatic heterocycles. The molecule has 0 bridgehead atoms. The van der Waals surface area contributed by atoms with Crippen molar-refractivity contribution in [1.82, 2.24) is 24.2 Å². The minimum Gasteiger partial charge on any atom is -0.352 e. The Morgan fingerprint density at radius 2 is 1.95 bits per heavy atom. The van der Waals surface area contributed by atoms with Gasteiger partial charge in [0.2, 0.25) is 6.54 Å². The Bertz CT molecular complexity index is 1270. The SMILES string of the molecule is [C-]#[N+]CCOP(OC[C@H]1O[C@@H](n2cnc3c(NC(=O)c4ccccc4)ncnc32)C[C@@H]1C)N(C(C)C)C(C)C. The molecule has 1 aliphatic heterocycles. The highest BCUT2D eigenvalue weighted by Crippen LogP contribution is 2.47. The quantitative estimate of drug-likeness (QED) is 0.183. The van der Waals surface area contributed by atoms with E-state index in [9.17, 15) is 4.79 Å². The molecule has 0 aliphatic carbocycles. The van der Waals surface area contributed by atoms with E-state index in [4.69, 9.17) is 20.4 Å². The summed E-state index contributed by atoms with van der Waals surface area (Å²) >= 11 is 0. The van der Waals surface area contributed by atoms with Crippen LogP contribution in [0.25, 0.3) is 16.0 Å². The number of rotatable bonds is 12. The predicted octanol–water partition coefficient (Wildman–Crippen LogP) is 5.30. The molecule has 11 nitrogen and oxygen atoms in total. The first-order valence-electron chi connectivity index (χ1n) is 13.2. The lowest BCUT2D eigenvalue weighted by Gasteiger charge is -2.36. The van der Waals surface area contributed by atoms with Crippen molar-refractivity contribution in [3.8, 4) is 0 Å². The highest BCUT2D eigenvalue weighted by atomic mass is 31.2. The van der Waals surface area contributed by atoms with Gasteiger partial charge in [0.25, 0.3) is 14.4 Å². The molecule has 1 fully saturated rings. The van der Waals surface area contributed by atoms with Crippen LogP contribution in [0.1, 0.15) is 57.6 Å². The number of hydrogen-bond donors (Lipinski definition) is 1. The molecule has 1 N–H and O–H groups in total. The fourth-order valence-electron chi connectivity index (χ4n) is 4.61. The van der Waals surface area contributed by atoms with Crippen LogP contribution >= 0.6 is 8.53 Å². The zero-order valence-corrected chi connectivity index (χ0v) is 23.9. The first kappa shape index (κ1) is 29.0. The molecule has 39 heavy (non-hydrogen) atoms. The third-order valence-electron chi connectivity index (χ3n) is 6.48. The molecule has 12 heteroatoms. The molecule has 1 aromatic carbocycles. The van der Waals surface area contributed by atoms with Crippen LogP contribution in [0.2, 0.25) is 0 Å². The Morgan fingerprint density at radius 3 is 2.64 bits per heavy atom. The molecule has 0 radical (unpaired) electrons. The standard InChI is InChI=1S/C27H36N7O4P/c1-18(2)34(19(3)4)39(36-13-12-28-6)37-15-22-20(5)14-23(38-22)33-17-31-24-25(29-16-30-26(24)33)32-27(35)21-10-8-7-9-11-21/h7-11,16-20,22-23H,12-15H2,1-5H3,(H,29,30,32,35)/t20-,22+,23+,39?/m0/s1. The molecule has 0 spiro atoms. The molecular formula is C27H36N7O4P. The maximum absolute atomic E-state index is 12.7. The van der Waals surface area contributed by atoms with Crippen LogP contribution in [0.15, 0.2) is 43.0 Å². The van der Waals surface area contributed by atoms with Crippen molar-refractivity contribution in [1.29, 1.82) is 0 Å². The van der Waals surface area contributed by atoms with Gasteiger partial charge in [0, 0.05) is 17.6 Å². The lowest BCUT2D eigenvalue weighted by atomic mass is 10.0. The summed E-state index contributed by atoms with van der Waals surface area (Å²) in [5, 5.41) is 2.84. The number of imidazole rings is 1. The molecular weight excluding hydrogens is 517 g/mol. The summed E-state index contributed by atoms with van der Waals surface area (Å²) in [6.45, 7) is 18.7. The molecule has 4 rings (SSSR count). The van der Waals surface area contributed by atoms with Gasteiger partial charge >= 0.3 is 0 Å². The van der Waals surface area contributed by atoms with Gasteiger partial charge in [-0.05, 0) is 52.2 Å². The molecule has 0 saturated carbocycles. The van der Waals surface area contributed by atoms with Gasteiger partial charge < -0.3 is 23.9 Å². The minimum absolute atomic E-state index is 0.151. The summed E-state index contributed by atoms with van der Waals surface area (Å²) in [6, 6.07) is 9.42. The van der Waals surface area contributed by atoms with E-state index >= 15 is 0 Å². The Labute approximate surface area is 230 Å². The Kier molecular flexibility index (Phi) is 9.94. The second-order valence-electron chi connectivity index (χ2n) is 10.0. The second kappa shape index (κ2) is 13.4. The van der Waals surface area contributed by atoms with Gasteiger partial charge in [0.15, 0.2) is 17.0 Å².